The number of benzene rings is 2. The maximum atomic E-state index is 12.3. The van der Waals surface area contributed by atoms with Crippen LogP contribution in [0.15, 0.2) is 58.6 Å². The van der Waals surface area contributed by atoms with Crippen LogP contribution in [0.3, 0.4) is 0 Å². The van der Waals surface area contributed by atoms with Gasteiger partial charge in [0.15, 0.2) is 11.8 Å². The van der Waals surface area contributed by atoms with Crippen LogP contribution >= 0.6 is 0 Å². The second-order valence-electron chi connectivity index (χ2n) is 6.66. The van der Waals surface area contributed by atoms with Gasteiger partial charge in [0.05, 0.1) is 12.0 Å². The zero-order chi connectivity index (χ0) is 19.6. The topological polar surface area (TPSA) is 135 Å². The SMILES string of the molecule is CN1C(=O)C[C@@](C)(c2cccc(-c3cccc(/C(N)=N/NN)c3)c2)N=C1N. The van der Waals surface area contributed by atoms with Crippen LogP contribution in [0.1, 0.15) is 24.5 Å². The predicted molar refractivity (Wildman–Crippen MR) is 106 cm³/mol. The molecule has 140 valence electrons. The van der Waals surface area contributed by atoms with Gasteiger partial charge < -0.3 is 11.5 Å². The number of carbonyl (C=O) groups excluding carboxylic acids is 1. The number of hydrazine groups is 1. The summed E-state index contributed by atoms with van der Waals surface area (Å²) in [5.41, 5.74) is 16.9. The molecule has 0 radical (unpaired) electrons. The Kier molecular flexibility index (Phi) is 4.83. The molecule has 3 rings (SSSR count). The molecule has 1 aliphatic rings. The van der Waals surface area contributed by atoms with Crippen LogP contribution < -0.4 is 22.8 Å². The second kappa shape index (κ2) is 7.08. The molecule has 1 heterocycles. The summed E-state index contributed by atoms with van der Waals surface area (Å²) in [6.45, 7) is 1.91. The van der Waals surface area contributed by atoms with Gasteiger partial charge in [0.25, 0.3) is 0 Å². The molecule has 0 spiro atoms. The Morgan fingerprint density at radius 2 is 1.89 bits per heavy atom. The van der Waals surface area contributed by atoms with E-state index >= 15 is 0 Å². The Labute approximate surface area is 157 Å². The van der Waals surface area contributed by atoms with Gasteiger partial charge in [-0.15, -0.1) is 5.10 Å². The highest BCUT2D eigenvalue weighted by Crippen LogP contribution is 2.35. The van der Waals surface area contributed by atoms with E-state index in [0.717, 1.165) is 22.3 Å². The van der Waals surface area contributed by atoms with E-state index in [1.165, 1.54) is 4.90 Å². The number of amides is 1. The molecule has 0 unspecified atom stereocenters. The molecule has 0 fully saturated rings. The van der Waals surface area contributed by atoms with Crippen LogP contribution in [0.2, 0.25) is 0 Å². The Hall–Kier alpha value is -3.39. The third-order valence-electron chi connectivity index (χ3n) is 4.74. The highest BCUT2D eigenvalue weighted by atomic mass is 16.2. The first-order chi connectivity index (χ1) is 12.8. The average molecular weight is 365 g/mol. The minimum absolute atomic E-state index is 0.0596. The summed E-state index contributed by atoms with van der Waals surface area (Å²) in [5.74, 6) is 5.65. The van der Waals surface area contributed by atoms with Crippen molar-refractivity contribution in [1.82, 2.24) is 10.4 Å². The molecule has 0 aliphatic carbocycles. The van der Waals surface area contributed by atoms with Crippen LogP contribution in [-0.4, -0.2) is 29.6 Å². The summed E-state index contributed by atoms with van der Waals surface area (Å²) in [4.78, 5) is 18.2. The van der Waals surface area contributed by atoms with Crippen LogP contribution in [0, 0.1) is 0 Å². The highest BCUT2D eigenvalue weighted by molar-refractivity contribution is 5.99. The third kappa shape index (κ3) is 3.61. The van der Waals surface area contributed by atoms with Crippen LogP contribution in [0.4, 0.5) is 0 Å². The van der Waals surface area contributed by atoms with E-state index < -0.39 is 5.54 Å². The number of rotatable bonds is 4. The molecule has 1 amide bonds. The fourth-order valence-corrected chi connectivity index (χ4v) is 3.10. The fraction of sp³-hybridized carbons (Fsp3) is 0.211. The van der Waals surface area contributed by atoms with Crippen LogP contribution in [0.5, 0.6) is 0 Å². The van der Waals surface area contributed by atoms with Gasteiger partial charge in [-0.2, -0.15) is 0 Å². The first-order valence-electron chi connectivity index (χ1n) is 8.46. The molecule has 7 N–H and O–H groups in total. The lowest BCUT2D eigenvalue weighted by Crippen LogP contribution is -2.47. The average Bonchev–Trinajstić information content (AvgIpc) is 2.66. The summed E-state index contributed by atoms with van der Waals surface area (Å²) in [6, 6.07) is 15.6. The molecule has 1 aliphatic heterocycles. The monoisotopic (exact) mass is 365 g/mol. The number of hydrogen-bond acceptors (Lipinski definition) is 6. The van der Waals surface area contributed by atoms with E-state index in [1.807, 2.05) is 55.5 Å². The fourth-order valence-electron chi connectivity index (χ4n) is 3.10. The molecule has 8 heteroatoms. The van der Waals surface area contributed by atoms with Crippen molar-refractivity contribution in [3.05, 3.63) is 59.7 Å². The van der Waals surface area contributed by atoms with Crippen molar-refractivity contribution >= 4 is 17.7 Å². The highest BCUT2D eigenvalue weighted by Gasteiger charge is 2.36. The molecule has 0 saturated carbocycles. The Morgan fingerprint density at radius 1 is 1.22 bits per heavy atom. The summed E-state index contributed by atoms with van der Waals surface area (Å²) in [7, 11) is 1.63. The molecule has 0 saturated heterocycles. The lowest BCUT2D eigenvalue weighted by Gasteiger charge is -2.33. The van der Waals surface area contributed by atoms with Crippen LogP contribution in [0.25, 0.3) is 11.1 Å². The Morgan fingerprint density at radius 3 is 2.56 bits per heavy atom. The minimum Gasteiger partial charge on any atom is -0.382 e. The quantitative estimate of drug-likeness (QED) is 0.275. The van der Waals surface area contributed by atoms with E-state index in [4.69, 9.17) is 17.3 Å². The van der Waals surface area contributed by atoms with Gasteiger partial charge in [-0.3, -0.25) is 9.69 Å². The molecule has 27 heavy (non-hydrogen) atoms. The van der Waals surface area contributed by atoms with Gasteiger partial charge in [-0.1, -0.05) is 36.4 Å². The van der Waals surface area contributed by atoms with Crippen molar-refractivity contribution in [3.8, 4) is 11.1 Å². The van der Waals surface area contributed by atoms with E-state index in [-0.39, 0.29) is 18.3 Å². The van der Waals surface area contributed by atoms with Gasteiger partial charge in [0.2, 0.25) is 5.91 Å². The number of guanidine groups is 1. The number of aliphatic imine (C=N–C) groups is 1. The maximum absolute atomic E-state index is 12.3. The van der Waals surface area contributed by atoms with Gasteiger partial charge in [0, 0.05) is 12.6 Å². The first kappa shape index (κ1) is 18.4. The summed E-state index contributed by atoms with van der Waals surface area (Å²) >= 11 is 0. The lowest BCUT2D eigenvalue weighted by atomic mass is 9.86. The van der Waals surface area contributed by atoms with Gasteiger partial charge in [-0.05, 0) is 35.7 Å². The largest absolute Gasteiger partial charge is 0.382 e. The van der Waals surface area contributed by atoms with Crippen molar-refractivity contribution in [2.24, 2.45) is 27.4 Å². The van der Waals surface area contributed by atoms with Crippen molar-refractivity contribution in [1.29, 1.82) is 0 Å². The standard InChI is InChI=1S/C19H23N7O/c1-19(11-16(27)26(2)18(21)23-19)15-8-4-6-13(10-15)12-5-3-7-14(9-12)17(20)24-25-22/h3-10,25H,11,22H2,1-2H3,(H2,20,24)(H2,21,23)/t19-/m0/s1. The molecular weight excluding hydrogens is 342 g/mol. The zero-order valence-electron chi connectivity index (χ0n) is 15.3. The minimum atomic E-state index is -0.703. The van der Waals surface area contributed by atoms with Crippen molar-refractivity contribution < 1.29 is 4.79 Å². The van der Waals surface area contributed by atoms with E-state index in [0.29, 0.717) is 5.84 Å². The number of nitrogens with zero attached hydrogens (tertiary/aromatic N) is 3. The van der Waals surface area contributed by atoms with Crippen molar-refractivity contribution in [3.63, 3.8) is 0 Å². The molecule has 0 aromatic heterocycles. The summed E-state index contributed by atoms with van der Waals surface area (Å²) in [6.07, 6.45) is 0.259. The second-order valence-corrected chi connectivity index (χ2v) is 6.66. The molecule has 1 atom stereocenters. The lowest BCUT2D eigenvalue weighted by molar-refractivity contribution is -0.128. The van der Waals surface area contributed by atoms with Crippen molar-refractivity contribution in [2.75, 3.05) is 7.05 Å². The number of nitrogens with two attached hydrogens (primary N) is 3. The third-order valence-corrected chi connectivity index (χ3v) is 4.74. The number of hydrazone groups is 1. The van der Waals surface area contributed by atoms with Gasteiger partial charge >= 0.3 is 0 Å². The summed E-state index contributed by atoms with van der Waals surface area (Å²) in [5, 5.41) is 3.80. The number of carbonyl (C=O) groups is 1. The molecule has 2 aromatic carbocycles. The van der Waals surface area contributed by atoms with Crippen molar-refractivity contribution in [2.45, 2.75) is 18.9 Å². The van der Waals surface area contributed by atoms with E-state index in [9.17, 15) is 4.79 Å². The maximum Gasteiger partial charge on any atom is 0.231 e. The van der Waals surface area contributed by atoms with E-state index in [2.05, 4.69) is 15.6 Å². The first-order valence-corrected chi connectivity index (χ1v) is 8.46. The number of amidine groups is 1. The van der Waals surface area contributed by atoms with Gasteiger partial charge in [0.1, 0.15) is 0 Å². The zero-order valence-corrected chi connectivity index (χ0v) is 15.3. The van der Waals surface area contributed by atoms with Gasteiger partial charge in [-0.25, -0.2) is 16.4 Å². The van der Waals surface area contributed by atoms with Crippen LogP contribution in [-0.2, 0) is 10.3 Å². The van der Waals surface area contributed by atoms with E-state index in [1.54, 1.807) is 7.05 Å². The normalized spacial score (nSPS) is 20.4. The smallest absolute Gasteiger partial charge is 0.231 e. The molecule has 0 bridgehead atoms. The summed E-state index contributed by atoms with van der Waals surface area (Å²) < 4.78 is 0. The molecular formula is C19H23N7O. The molecule has 8 nitrogen and oxygen atoms in total. The number of hydrogen-bond donors (Lipinski definition) is 4. The predicted octanol–water partition coefficient (Wildman–Crippen LogP) is 0.829. The Balaban J connectivity index is 2.01. The Bertz CT molecular complexity index is 937. The number of nitrogens with one attached hydrogen (secondary N) is 1. The molecule has 2 aromatic rings.